The number of carbonyl (C=O) groups is 1. The number of thioether (sulfide) groups is 1. The summed E-state index contributed by atoms with van der Waals surface area (Å²) in [5.74, 6) is 0.726. The summed E-state index contributed by atoms with van der Waals surface area (Å²) in [6.07, 6.45) is 0.458. The van der Waals surface area contributed by atoms with Gasteiger partial charge in [-0.05, 0) is 29.6 Å². The Kier molecular flexibility index (Phi) is 5.01. The van der Waals surface area contributed by atoms with E-state index in [4.69, 9.17) is 5.26 Å². The van der Waals surface area contributed by atoms with Gasteiger partial charge >= 0.3 is 0 Å². The van der Waals surface area contributed by atoms with Crippen molar-refractivity contribution in [3.8, 4) is 6.07 Å². The first kappa shape index (κ1) is 13.7. The van der Waals surface area contributed by atoms with E-state index in [-0.39, 0.29) is 5.91 Å². The molecule has 0 radical (unpaired) electrons. The predicted octanol–water partition coefficient (Wildman–Crippen LogP) is 3.74. The molecule has 5 heteroatoms. The number of hydrogen-bond acceptors (Lipinski definition) is 4. The molecule has 96 valence electrons. The van der Waals surface area contributed by atoms with E-state index in [1.54, 1.807) is 47.4 Å². The van der Waals surface area contributed by atoms with E-state index in [0.717, 1.165) is 5.75 Å². The highest BCUT2D eigenvalue weighted by Gasteiger charge is 2.04. The van der Waals surface area contributed by atoms with E-state index < -0.39 is 0 Å². The molecule has 1 N–H and O–H groups in total. The third-order valence-electron chi connectivity index (χ3n) is 2.34. The number of thiophene rings is 1. The minimum absolute atomic E-state index is 0.0286. The summed E-state index contributed by atoms with van der Waals surface area (Å²) in [5, 5.41) is 13.6. The fourth-order valence-corrected chi connectivity index (χ4v) is 3.28. The highest BCUT2D eigenvalue weighted by Crippen LogP contribution is 2.23. The Morgan fingerprint density at radius 1 is 1.37 bits per heavy atom. The normalized spacial score (nSPS) is 9.84. The van der Waals surface area contributed by atoms with Gasteiger partial charge in [0.2, 0.25) is 5.91 Å². The zero-order valence-electron chi connectivity index (χ0n) is 10.1. The second-order valence-corrected chi connectivity index (χ2v) is 6.11. The molecule has 19 heavy (non-hydrogen) atoms. The molecule has 0 aliphatic rings. The first-order chi connectivity index (χ1) is 9.28. The van der Waals surface area contributed by atoms with Crippen LogP contribution in [0.3, 0.4) is 0 Å². The van der Waals surface area contributed by atoms with Gasteiger partial charge in [0.25, 0.3) is 0 Å². The quantitative estimate of drug-likeness (QED) is 0.853. The Morgan fingerprint density at radius 2 is 2.26 bits per heavy atom. The second-order valence-electron chi connectivity index (χ2n) is 3.77. The lowest BCUT2D eigenvalue weighted by atomic mass is 10.2. The van der Waals surface area contributed by atoms with Gasteiger partial charge in [-0.1, -0.05) is 12.1 Å². The van der Waals surface area contributed by atoms with Crippen LogP contribution in [0, 0.1) is 11.3 Å². The number of benzene rings is 1. The summed E-state index contributed by atoms with van der Waals surface area (Å²) >= 11 is 3.36. The lowest BCUT2D eigenvalue weighted by Crippen LogP contribution is -2.12. The van der Waals surface area contributed by atoms with Crippen LogP contribution in [0.4, 0.5) is 5.69 Å². The van der Waals surface area contributed by atoms with Gasteiger partial charge in [-0.15, -0.1) is 23.1 Å². The first-order valence-corrected chi connectivity index (χ1v) is 7.61. The molecule has 0 aliphatic carbocycles. The molecule has 1 amide bonds. The minimum atomic E-state index is -0.0286. The predicted molar refractivity (Wildman–Crippen MR) is 79.4 cm³/mol. The van der Waals surface area contributed by atoms with Crippen LogP contribution >= 0.6 is 23.1 Å². The lowest BCUT2D eigenvalue weighted by molar-refractivity contribution is -0.115. The molecule has 0 aliphatic heterocycles. The van der Waals surface area contributed by atoms with Crippen LogP contribution in [-0.2, 0) is 4.79 Å². The van der Waals surface area contributed by atoms with Crippen LogP contribution < -0.4 is 5.32 Å². The minimum Gasteiger partial charge on any atom is -0.326 e. The number of nitrogens with zero attached hydrogens (tertiary/aromatic N) is 1. The molecule has 0 bridgehead atoms. The molecule has 0 spiro atoms. The van der Waals surface area contributed by atoms with Crippen molar-refractivity contribution in [3.05, 3.63) is 47.3 Å². The number of nitriles is 1. The fraction of sp³-hybridized carbons (Fsp3) is 0.143. The van der Waals surface area contributed by atoms with Crippen LogP contribution in [0.1, 0.15) is 12.0 Å². The molecule has 1 aromatic carbocycles. The first-order valence-electron chi connectivity index (χ1n) is 5.74. The third-order valence-corrected chi connectivity index (χ3v) is 4.48. The van der Waals surface area contributed by atoms with Gasteiger partial charge in [-0.25, -0.2) is 0 Å². The van der Waals surface area contributed by atoms with E-state index in [0.29, 0.717) is 17.7 Å². The van der Waals surface area contributed by atoms with Crippen LogP contribution in [0.5, 0.6) is 0 Å². The molecule has 2 aromatic rings. The molecule has 0 unspecified atom stereocenters. The van der Waals surface area contributed by atoms with E-state index in [1.807, 2.05) is 23.6 Å². The molecule has 0 fully saturated rings. The van der Waals surface area contributed by atoms with Crippen molar-refractivity contribution in [1.29, 1.82) is 5.26 Å². The Hall–Kier alpha value is -1.77. The Labute approximate surface area is 120 Å². The van der Waals surface area contributed by atoms with Crippen LogP contribution in [-0.4, -0.2) is 11.7 Å². The Morgan fingerprint density at radius 3 is 3.00 bits per heavy atom. The molecule has 1 heterocycles. The molecule has 0 saturated carbocycles. The summed E-state index contributed by atoms with van der Waals surface area (Å²) in [5.41, 5.74) is 1.22. The lowest BCUT2D eigenvalue weighted by Gasteiger charge is -2.04. The summed E-state index contributed by atoms with van der Waals surface area (Å²) in [4.78, 5) is 11.7. The number of anilines is 1. The number of rotatable bonds is 5. The van der Waals surface area contributed by atoms with Crippen LogP contribution in [0.25, 0.3) is 0 Å². The Balaban J connectivity index is 1.79. The van der Waals surface area contributed by atoms with Crippen LogP contribution in [0.2, 0.25) is 0 Å². The van der Waals surface area contributed by atoms with Crippen molar-refractivity contribution in [1.82, 2.24) is 0 Å². The van der Waals surface area contributed by atoms with Gasteiger partial charge in [-0.3, -0.25) is 4.79 Å². The summed E-state index contributed by atoms with van der Waals surface area (Å²) in [6.45, 7) is 0. The van der Waals surface area contributed by atoms with Crippen molar-refractivity contribution < 1.29 is 4.79 Å². The SMILES string of the molecule is N#Cc1cccc(NC(=O)CCSc2cccs2)c1. The summed E-state index contributed by atoms with van der Waals surface area (Å²) < 4.78 is 1.22. The van der Waals surface area contributed by atoms with Crippen molar-refractivity contribution in [3.63, 3.8) is 0 Å². The highest BCUT2D eigenvalue weighted by atomic mass is 32.2. The topological polar surface area (TPSA) is 52.9 Å². The van der Waals surface area contributed by atoms with Crippen molar-refractivity contribution in [2.45, 2.75) is 10.6 Å². The van der Waals surface area contributed by atoms with Crippen LogP contribution in [0.15, 0.2) is 46.0 Å². The molecule has 3 nitrogen and oxygen atoms in total. The zero-order chi connectivity index (χ0) is 13.5. The van der Waals surface area contributed by atoms with Gasteiger partial charge in [0.1, 0.15) is 0 Å². The van der Waals surface area contributed by atoms with E-state index in [1.165, 1.54) is 4.21 Å². The van der Waals surface area contributed by atoms with Crippen molar-refractivity contribution >= 4 is 34.7 Å². The van der Waals surface area contributed by atoms with E-state index in [9.17, 15) is 4.79 Å². The second kappa shape index (κ2) is 6.98. The van der Waals surface area contributed by atoms with Gasteiger partial charge in [-0.2, -0.15) is 5.26 Å². The highest BCUT2D eigenvalue weighted by molar-refractivity contribution is 8.01. The maximum atomic E-state index is 11.7. The summed E-state index contributed by atoms with van der Waals surface area (Å²) in [6, 6.07) is 13.0. The maximum absolute atomic E-state index is 11.7. The number of hydrogen-bond donors (Lipinski definition) is 1. The van der Waals surface area contributed by atoms with Gasteiger partial charge < -0.3 is 5.32 Å². The zero-order valence-corrected chi connectivity index (χ0v) is 11.8. The smallest absolute Gasteiger partial charge is 0.225 e. The van der Waals surface area contributed by atoms with E-state index in [2.05, 4.69) is 5.32 Å². The molecular formula is C14H12N2OS2. The molecule has 1 aromatic heterocycles. The monoisotopic (exact) mass is 288 g/mol. The van der Waals surface area contributed by atoms with Crippen molar-refractivity contribution in [2.75, 3.05) is 11.1 Å². The number of carbonyl (C=O) groups excluding carboxylic acids is 1. The number of nitrogens with one attached hydrogen (secondary N) is 1. The summed E-state index contributed by atoms with van der Waals surface area (Å²) in [7, 11) is 0. The fourth-order valence-electron chi connectivity index (χ4n) is 1.48. The van der Waals surface area contributed by atoms with Crippen molar-refractivity contribution in [2.24, 2.45) is 0 Å². The molecule has 0 atom stereocenters. The number of amides is 1. The van der Waals surface area contributed by atoms with E-state index >= 15 is 0 Å². The molecular weight excluding hydrogens is 276 g/mol. The standard InChI is InChI=1S/C14H12N2OS2/c15-10-11-3-1-4-12(9-11)16-13(17)6-8-19-14-5-2-7-18-14/h1-5,7,9H,6,8H2,(H,16,17). The molecule has 0 saturated heterocycles. The van der Waals surface area contributed by atoms with Gasteiger partial charge in [0.05, 0.1) is 15.8 Å². The largest absolute Gasteiger partial charge is 0.326 e. The van der Waals surface area contributed by atoms with Gasteiger partial charge in [0.15, 0.2) is 0 Å². The average Bonchev–Trinajstić information content (AvgIpc) is 2.92. The average molecular weight is 288 g/mol. The third kappa shape index (κ3) is 4.43. The molecule has 2 rings (SSSR count). The Bertz CT molecular complexity index is 588. The maximum Gasteiger partial charge on any atom is 0.225 e. The van der Waals surface area contributed by atoms with Gasteiger partial charge in [0, 0.05) is 17.9 Å².